The molecule has 14 heavy (non-hydrogen) atoms. The second-order valence-corrected chi connectivity index (χ2v) is 6.33. The molecule has 1 heterocycles. The van der Waals surface area contributed by atoms with Crippen LogP contribution in [0.4, 0.5) is 0 Å². The molecule has 1 aliphatic rings. The second-order valence-electron chi connectivity index (χ2n) is 4.82. The maximum Gasteiger partial charge on any atom is 0.138 e. The van der Waals surface area contributed by atoms with Crippen molar-refractivity contribution in [3.05, 3.63) is 0 Å². The Morgan fingerprint density at radius 1 is 1.57 bits per heavy atom. The Bertz CT molecular complexity index is 215. The zero-order chi connectivity index (χ0) is 10.8. The molecule has 1 fully saturated rings. The van der Waals surface area contributed by atoms with Gasteiger partial charge < -0.3 is 4.90 Å². The third-order valence-corrected chi connectivity index (χ3v) is 4.15. The van der Waals surface area contributed by atoms with E-state index in [0.717, 1.165) is 26.1 Å². The number of carbonyl (C=O) groups excluding carboxylic acids is 1. The molecule has 0 radical (unpaired) electrons. The van der Waals surface area contributed by atoms with Crippen molar-refractivity contribution in [1.82, 2.24) is 4.90 Å². The van der Waals surface area contributed by atoms with Crippen LogP contribution in [0.15, 0.2) is 0 Å². The highest BCUT2D eigenvalue weighted by Crippen LogP contribution is 2.24. The van der Waals surface area contributed by atoms with Crippen LogP contribution in [-0.2, 0) is 4.79 Å². The van der Waals surface area contributed by atoms with Crippen molar-refractivity contribution in [1.29, 1.82) is 0 Å². The maximum atomic E-state index is 11.3. The Hall–Kier alpha value is -0.0200. The summed E-state index contributed by atoms with van der Waals surface area (Å²) in [6.07, 6.45) is 2.89. The van der Waals surface area contributed by atoms with Crippen LogP contribution in [-0.4, -0.2) is 41.3 Å². The smallest absolute Gasteiger partial charge is 0.138 e. The molecule has 0 aromatic heterocycles. The normalized spacial score (nSPS) is 25.4. The van der Waals surface area contributed by atoms with Gasteiger partial charge in [-0.25, -0.2) is 0 Å². The number of hydrogen-bond acceptors (Lipinski definition) is 3. The summed E-state index contributed by atoms with van der Waals surface area (Å²) in [7, 11) is 0. The zero-order valence-electron chi connectivity index (χ0n) is 9.67. The summed E-state index contributed by atoms with van der Waals surface area (Å²) in [5, 5.41) is 0. The largest absolute Gasteiger partial charge is 0.301 e. The quantitative estimate of drug-likeness (QED) is 0.718. The monoisotopic (exact) mass is 215 g/mol. The molecule has 0 amide bonds. The third-order valence-electron chi connectivity index (χ3n) is 2.91. The van der Waals surface area contributed by atoms with Gasteiger partial charge in [-0.15, -0.1) is 0 Å². The Labute approximate surface area is 91.4 Å². The molecule has 3 heteroatoms. The number of likely N-dealkylation sites (tertiary alicyclic amines) is 1. The van der Waals surface area contributed by atoms with Gasteiger partial charge in [0.05, 0.1) is 0 Å². The van der Waals surface area contributed by atoms with Gasteiger partial charge in [-0.05, 0) is 20.1 Å². The summed E-state index contributed by atoms with van der Waals surface area (Å²) in [6, 6.07) is 0. The van der Waals surface area contributed by atoms with E-state index in [4.69, 9.17) is 0 Å². The van der Waals surface area contributed by atoms with E-state index in [1.54, 1.807) is 0 Å². The van der Waals surface area contributed by atoms with E-state index in [1.165, 1.54) is 0 Å². The van der Waals surface area contributed by atoms with Gasteiger partial charge in [-0.2, -0.15) is 11.8 Å². The molecular weight excluding hydrogens is 194 g/mol. The molecule has 0 aliphatic carbocycles. The van der Waals surface area contributed by atoms with E-state index in [2.05, 4.69) is 25.0 Å². The van der Waals surface area contributed by atoms with Gasteiger partial charge in [0.15, 0.2) is 0 Å². The van der Waals surface area contributed by atoms with Crippen LogP contribution in [0.1, 0.15) is 27.2 Å². The van der Waals surface area contributed by atoms with Crippen molar-refractivity contribution in [3.8, 4) is 0 Å². The number of Topliss-reactive ketones (excluding diaryl/α,β-unsaturated/α-hetero) is 1. The van der Waals surface area contributed by atoms with E-state index in [-0.39, 0.29) is 5.92 Å². The Morgan fingerprint density at radius 2 is 2.21 bits per heavy atom. The minimum Gasteiger partial charge on any atom is -0.301 e. The minimum absolute atomic E-state index is 0.237. The number of piperidine rings is 1. The molecule has 0 aromatic carbocycles. The van der Waals surface area contributed by atoms with Crippen LogP contribution >= 0.6 is 11.8 Å². The molecule has 0 bridgehead atoms. The average molecular weight is 215 g/mol. The molecular formula is C11H21NOS. The lowest BCUT2D eigenvalue weighted by molar-refractivity contribution is -0.125. The Kier molecular flexibility index (Phi) is 4.02. The first-order valence-electron chi connectivity index (χ1n) is 5.25. The summed E-state index contributed by atoms with van der Waals surface area (Å²) >= 11 is 1.90. The Morgan fingerprint density at radius 3 is 2.71 bits per heavy atom. The van der Waals surface area contributed by atoms with Crippen LogP contribution in [0, 0.1) is 5.92 Å². The zero-order valence-corrected chi connectivity index (χ0v) is 10.5. The fourth-order valence-electron chi connectivity index (χ4n) is 1.84. The first-order valence-corrected chi connectivity index (χ1v) is 6.47. The molecule has 1 unspecified atom stereocenters. The van der Waals surface area contributed by atoms with E-state index in [9.17, 15) is 4.79 Å². The molecule has 1 atom stereocenters. The number of ketones is 1. The number of carbonyl (C=O) groups is 1. The maximum absolute atomic E-state index is 11.3. The van der Waals surface area contributed by atoms with Gasteiger partial charge in [0.25, 0.3) is 0 Å². The van der Waals surface area contributed by atoms with Crippen molar-refractivity contribution >= 4 is 17.5 Å². The van der Waals surface area contributed by atoms with E-state index in [1.807, 2.05) is 18.7 Å². The summed E-state index contributed by atoms with van der Waals surface area (Å²) in [6.45, 7) is 9.56. The third kappa shape index (κ3) is 3.28. The van der Waals surface area contributed by atoms with Gasteiger partial charge >= 0.3 is 0 Å². The molecule has 1 saturated heterocycles. The van der Waals surface area contributed by atoms with Gasteiger partial charge in [-0.1, -0.05) is 6.92 Å². The molecule has 0 saturated carbocycles. The standard InChI is InChI=1S/C11H21NOS/c1-9-7-12(6-5-10(9)13)8-11(2,3)14-4/h9H,5-8H2,1-4H3. The van der Waals surface area contributed by atoms with Gasteiger partial charge in [0.1, 0.15) is 5.78 Å². The summed E-state index contributed by atoms with van der Waals surface area (Å²) in [5.41, 5.74) is 0. The van der Waals surface area contributed by atoms with E-state index >= 15 is 0 Å². The highest BCUT2D eigenvalue weighted by molar-refractivity contribution is 7.99. The van der Waals surface area contributed by atoms with Gasteiger partial charge in [-0.3, -0.25) is 4.79 Å². The lowest BCUT2D eigenvalue weighted by atomic mass is 9.98. The molecule has 1 aliphatic heterocycles. The van der Waals surface area contributed by atoms with Crippen LogP contribution in [0.5, 0.6) is 0 Å². The van der Waals surface area contributed by atoms with Crippen LogP contribution in [0.3, 0.4) is 0 Å². The highest BCUT2D eigenvalue weighted by atomic mass is 32.2. The summed E-state index contributed by atoms with van der Waals surface area (Å²) in [5.74, 6) is 0.671. The summed E-state index contributed by atoms with van der Waals surface area (Å²) in [4.78, 5) is 13.8. The lowest BCUT2D eigenvalue weighted by Gasteiger charge is -2.35. The highest BCUT2D eigenvalue weighted by Gasteiger charge is 2.27. The van der Waals surface area contributed by atoms with Crippen LogP contribution < -0.4 is 0 Å². The number of hydrogen-bond donors (Lipinski definition) is 0. The van der Waals surface area contributed by atoms with Crippen molar-refractivity contribution in [3.63, 3.8) is 0 Å². The van der Waals surface area contributed by atoms with Crippen LogP contribution in [0.25, 0.3) is 0 Å². The van der Waals surface area contributed by atoms with Crippen molar-refractivity contribution in [2.45, 2.75) is 31.9 Å². The van der Waals surface area contributed by atoms with Crippen LogP contribution in [0.2, 0.25) is 0 Å². The molecule has 0 aromatic rings. The predicted molar refractivity (Wildman–Crippen MR) is 62.8 cm³/mol. The van der Waals surface area contributed by atoms with Crippen molar-refractivity contribution < 1.29 is 4.79 Å². The van der Waals surface area contributed by atoms with E-state index in [0.29, 0.717) is 10.5 Å². The fraction of sp³-hybridized carbons (Fsp3) is 0.909. The molecule has 2 nitrogen and oxygen atoms in total. The Balaban J connectivity index is 2.44. The minimum atomic E-state index is 0.237. The predicted octanol–water partition coefficient (Wildman–Crippen LogP) is 2.04. The summed E-state index contributed by atoms with van der Waals surface area (Å²) < 4.78 is 0.306. The fourth-order valence-corrected chi connectivity index (χ4v) is 2.15. The van der Waals surface area contributed by atoms with Crippen molar-refractivity contribution in [2.24, 2.45) is 5.92 Å². The second kappa shape index (κ2) is 4.67. The topological polar surface area (TPSA) is 20.3 Å². The van der Waals surface area contributed by atoms with Gasteiger partial charge in [0.2, 0.25) is 0 Å². The number of rotatable bonds is 3. The molecule has 1 rings (SSSR count). The number of thioether (sulfide) groups is 1. The number of nitrogens with zero attached hydrogens (tertiary/aromatic N) is 1. The van der Waals surface area contributed by atoms with E-state index < -0.39 is 0 Å². The molecule has 0 spiro atoms. The average Bonchev–Trinajstić information content (AvgIpc) is 2.11. The SMILES string of the molecule is CSC(C)(C)CN1CCC(=O)C(C)C1. The van der Waals surface area contributed by atoms with Gasteiger partial charge in [0, 0.05) is 36.7 Å². The lowest BCUT2D eigenvalue weighted by Crippen LogP contribution is -2.45. The molecule has 82 valence electrons. The molecule has 0 N–H and O–H groups in total. The van der Waals surface area contributed by atoms with Crippen molar-refractivity contribution in [2.75, 3.05) is 25.9 Å². The first-order chi connectivity index (χ1) is 6.44. The first kappa shape index (κ1) is 12.1.